The number of nitrogens with zero attached hydrogens (tertiary/aromatic N) is 5. The second kappa shape index (κ2) is 6.67. The molecule has 1 amide bonds. The molecule has 0 aliphatic carbocycles. The van der Waals surface area contributed by atoms with Crippen molar-refractivity contribution < 1.29 is 18.0 Å². The van der Waals surface area contributed by atoms with Gasteiger partial charge in [-0.2, -0.15) is 23.4 Å². The van der Waals surface area contributed by atoms with Crippen LogP contribution in [0.15, 0.2) is 47.6 Å². The van der Waals surface area contributed by atoms with E-state index in [0.29, 0.717) is 15.8 Å². The van der Waals surface area contributed by atoms with Gasteiger partial charge in [0.05, 0.1) is 11.4 Å². The Hall–Kier alpha value is -2.69. The Kier molecular flexibility index (Phi) is 4.57. The number of carbonyl (C=O) groups excluding carboxylic acids is 1. The molecule has 11 heteroatoms. The molecule has 0 fully saturated rings. The Balaban J connectivity index is 1.77. The molecule has 3 rings (SSSR count). The van der Waals surface area contributed by atoms with Crippen LogP contribution in [0.25, 0.3) is 5.69 Å². The fourth-order valence-electron chi connectivity index (χ4n) is 2.08. The Morgan fingerprint density at radius 1 is 1.28 bits per heavy atom. The van der Waals surface area contributed by atoms with E-state index in [0.717, 1.165) is 16.9 Å². The highest BCUT2D eigenvalue weighted by molar-refractivity contribution is 9.10. The molecule has 0 saturated heterocycles. The van der Waals surface area contributed by atoms with Gasteiger partial charge >= 0.3 is 6.18 Å². The van der Waals surface area contributed by atoms with E-state index < -0.39 is 17.8 Å². The maximum absolute atomic E-state index is 12.5. The van der Waals surface area contributed by atoms with Gasteiger partial charge in [-0.25, -0.2) is 9.67 Å². The van der Waals surface area contributed by atoms with Gasteiger partial charge < -0.3 is 5.32 Å². The topological polar surface area (TPSA) is 77.6 Å². The van der Waals surface area contributed by atoms with E-state index in [1.807, 2.05) is 0 Å². The first kappa shape index (κ1) is 17.1. The summed E-state index contributed by atoms with van der Waals surface area (Å²) >= 11 is 3.30. The minimum absolute atomic E-state index is 0.362. The van der Waals surface area contributed by atoms with Crippen molar-refractivity contribution in [2.75, 3.05) is 5.32 Å². The van der Waals surface area contributed by atoms with Crippen LogP contribution >= 0.6 is 15.9 Å². The third kappa shape index (κ3) is 4.05. The summed E-state index contributed by atoms with van der Waals surface area (Å²) in [5, 5.41) is 9.98. The van der Waals surface area contributed by atoms with E-state index in [4.69, 9.17) is 0 Å². The highest BCUT2D eigenvalue weighted by Crippen LogP contribution is 2.27. The highest BCUT2D eigenvalue weighted by Gasteiger charge is 2.33. The van der Waals surface area contributed by atoms with E-state index in [1.54, 1.807) is 18.2 Å². The van der Waals surface area contributed by atoms with Gasteiger partial charge in [-0.15, -0.1) is 0 Å². The predicted octanol–water partition coefficient (Wildman–Crippen LogP) is 2.88. The Bertz CT molecular complexity index is 890. The predicted molar refractivity (Wildman–Crippen MR) is 84.9 cm³/mol. The van der Waals surface area contributed by atoms with E-state index in [2.05, 4.69) is 36.4 Å². The van der Waals surface area contributed by atoms with E-state index >= 15 is 0 Å². The molecule has 0 spiro atoms. The summed E-state index contributed by atoms with van der Waals surface area (Å²) in [6.07, 6.45) is -0.647. The van der Waals surface area contributed by atoms with Gasteiger partial charge in [-0.1, -0.05) is 15.9 Å². The molecule has 0 saturated carbocycles. The van der Waals surface area contributed by atoms with Crippen molar-refractivity contribution in [3.63, 3.8) is 0 Å². The van der Waals surface area contributed by atoms with E-state index in [9.17, 15) is 18.0 Å². The van der Waals surface area contributed by atoms with Crippen LogP contribution in [0.4, 0.5) is 18.9 Å². The molecular weight excluding hydrogens is 405 g/mol. The SMILES string of the molecule is O=C(Cn1ccc(C(F)(F)F)n1)Nc1cc(Br)ccc1-n1cncn1. The lowest BCUT2D eigenvalue weighted by Gasteiger charge is -2.11. The van der Waals surface area contributed by atoms with Crippen LogP contribution < -0.4 is 5.32 Å². The minimum atomic E-state index is -4.55. The summed E-state index contributed by atoms with van der Waals surface area (Å²) in [4.78, 5) is 16.0. The molecule has 0 radical (unpaired) electrons. The molecule has 2 heterocycles. The smallest absolute Gasteiger partial charge is 0.323 e. The van der Waals surface area contributed by atoms with Gasteiger partial charge in [0.2, 0.25) is 5.91 Å². The van der Waals surface area contributed by atoms with E-state index in [-0.39, 0.29) is 6.54 Å². The standard InChI is InChI=1S/C14H10BrF3N6O/c15-9-1-2-11(24-8-19-7-20-24)10(5-9)21-13(25)6-23-4-3-12(22-23)14(16,17)18/h1-5,7-8H,6H2,(H,21,25). The Morgan fingerprint density at radius 3 is 2.72 bits per heavy atom. The zero-order valence-corrected chi connectivity index (χ0v) is 14.0. The van der Waals surface area contributed by atoms with E-state index in [1.165, 1.54) is 17.3 Å². The van der Waals surface area contributed by atoms with Crippen LogP contribution in [-0.4, -0.2) is 30.5 Å². The molecule has 1 aromatic carbocycles. The number of nitrogens with one attached hydrogen (secondary N) is 1. The summed E-state index contributed by atoms with van der Waals surface area (Å²) in [5.41, 5.74) is -0.0652. The zero-order chi connectivity index (χ0) is 18.0. The molecule has 0 bridgehead atoms. The Labute approximate surface area is 147 Å². The van der Waals surface area contributed by atoms with Gasteiger partial charge in [-0.3, -0.25) is 9.48 Å². The van der Waals surface area contributed by atoms with Crippen molar-refractivity contribution in [3.05, 3.63) is 53.3 Å². The molecule has 0 unspecified atom stereocenters. The third-order valence-electron chi connectivity index (χ3n) is 3.13. The lowest BCUT2D eigenvalue weighted by Crippen LogP contribution is -2.20. The van der Waals surface area contributed by atoms with Crippen LogP contribution in [-0.2, 0) is 17.5 Å². The number of aromatic nitrogens is 5. The number of hydrogen-bond donors (Lipinski definition) is 1. The number of alkyl halides is 3. The minimum Gasteiger partial charge on any atom is -0.323 e. The molecule has 25 heavy (non-hydrogen) atoms. The summed E-state index contributed by atoms with van der Waals surface area (Å²) < 4.78 is 40.7. The van der Waals surface area contributed by atoms with Crippen LogP contribution in [0.3, 0.4) is 0 Å². The van der Waals surface area contributed by atoms with Gasteiger partial charge in [-0.05, 0) is 24.3 Å². The average Bonchev–Trinajstić information content (AvgIpc) is 3.18. The number of halogens is 4. The lowest BCUT2D eigenvalue weighted by molar-refractivity contribution is -0.141. The van der Waals surface area contributed by atoms with Crippen LogP contribution in [0.2, 0.25) is 0 Å². The quantitative estimate of drug-likeness (QED) is 0.711. The fraction of sp³-hybridized carbons (Fsp3) is 0.143. The first-order chi connectivity index (χ1) is 11.8. The fourth-order valence-corrected chi connectivity index (χ4v) is 2.44. The van der Waals surface area contributed by atoms with Crippen molar-refractivity contribution in [2.45, 2.75) is 12.7 Å². The average molecular weight is 415 g/mol. The molecule has 1 N–H and O–H groups in total. The third-order valence-corrected chi connectivity index (χ3v) is 3.63. The number of anilines is 1. The summed E-state index contributed by atoms with van der Waals surface area (Å²) in [7, 11) is 0. The van der Waals surface area contributed by atoms with Gasteiger partial charge in [0.15, 0.2) is 5.69 Å². The maximum atomic E-state index is 12.5. The van der Waals surface area contributed by atoms with Crippen molar-refractivity contribution >= 4 is 27.5 Å². The number of carbonyl (C=O) groups is 1. The monoisotopic (exact) mass is 414 g/mol. The second-order valence-electron chi connectivity index (χ2n) is 4.95. The number of amides is 1. The molecule has 3 aromatic rings. The summed E-state index contributed by atoms with van der Waals surface area (Å²) in [6, 6.07) is 5.94. The number of benzene rings is 1. The second-order valence-corrected chi connectivity index (χ2v) is 5.86. The zero-order valence-electron chi connectivity index (χ0n) is 12.4. The molecule has 130 valence electrons. The Morgan fingerprint density at radius 2 is 2.08 bits per heavy atom. The number of rotatable bonds is 4. The van der Waals surface area contributed by atoms with Gasteiger partial charge in [0.1, 0.15) is 19.2 Å². The van der Waals surface area contributed by atoms with Gasteiger partial charge in [0, 0.05) is 10.7 Å². The number of hydrogen-bond acceptors (Lipinski definition) is 4. The summed E-state index contributed by atoms with van der Waals surface area (Å²) in [6.45, 7) is -0.362. The van der Waals surface area contributed by atoms with Crippen molar-refractivity contribution in [1.29, 1.82) is 0 Å². The first-order valence-corrected chi connectivity index (χ1v) is 7.67. The summed E-state index contributed by atoms with van der Waals surface area (Å²) in [5.74, 6) is -0.531. The molecular formula is C14H10BrF3N6O. The first-order valence-electron chi connectivity index (χ1n) is 6.88. The van der Waals surface area contributed by atoms with Crippen molar-refractivity contribution in [1.82, 2.24) is 24.5 Å². The maximum Gasteiger partial charge on any atom is 0.435 e. The molecule has 0 aliphatic heterocycles. The molecule has 0 aliphatic rings. The van der Waals surface area contributed by atoms with Crippen LogP contribution in [0, 0.1) is 0 Å². The van der Waals surface area contributed by atoms with Crippen LogP contribution in [0.1, 0.15) is 5.69 Å². The van der Waals surface area contributed by atoms with Crippen LogP contribution in [0.5, 0.6) is 0 Å². The molecule has 7 nitrogen and oxygen atoms in total. The van der Waals surface area contributed by atoms with Crippen molar-refractivity contribution in [2.24, 2.45) is 0 Å². The normalized spacial score (nSPS) is 11.5. The lowest BCUT2D eigenvalue weighted by atomic mass is 10.2. The largest absolute Gasteiger partial charge is 0.435 e. The molecule has 2 aromatic heterocycles. The highest BCUT2D eigenvalue weighted by atomic mass is 79.9. The molecule has 0 atom stereocenters. The van der Waals surface area contributed by atoms with Gasteiger partial charge in [0.25, 0.3) is 0 Å². The van der Waals surface area contributed by atoms with Crippen molar-refractivity contribution in [3.8, 4) is 5.69 Å².